The summed E-state index contributed by atoms with van der Waals surface area (Å²) in [6, 6.07) is 13.8. The summed E-state index contributed by atoms with van der Waals surface area (Å²) in [6.45, 7) is 9.17. The third kappa shape index (κ3) is 16.5. The highest BCUT2D eigenvalue weighted by Crippen LogP contribution is 2.20. The third-order valence-corrected chi connectivity index (χ3v) is 5.73. The molecule has 2 unspecified atom stereocenters. The number of ether oxygens (including phenoxy) is 1. The van der Waals surface area contributed by atoms with Gasteiger partial charge in [0, 0.05) is 26.7 Å². The van der Waals surface area contributed by atoms with Gasteiger partial charge in [-0.3, -0.25) is 14.4 Å². The molecule has 2 aromatic carbocycles. The van der Waals surface area contributed by atoms with Crippen LogP contribution in [0.15, 0.2) is 48.5 Å². The first-order valence-corrected chi connectivity index (χ1v) is 14.1. The molecule has 1 aliphatic carbocycles. The SMILES string of the molecule is C1CC1.CCNC(=O)CN(C)C(=O)C(C)NCC(C)Oc1ccccc1CCCNC=O.Cc1ccc(F)cc1. The van der Waals surface area contributed by atoms with Crippen molar-refractivity contribution in [2.24, 2.45) is 0 Å². The Labute approximate surface area is 239 Å². The Morgan fingerprint density at radius 2 is 1.73 bits per heavy atom. The highest BCUT2D eigenvalue weighted by molar-refractivity contribution is 5.87. The molecule has 1 aliphatic rings. The van der Waals surface area contributed by atoms with E-state index in [9.17, 15) is 18.8 Å². The molecule has 0 heterocycles. The lowest BCUT2D eigenvalue weighted by Crippen LogP contribution is -2.48. The molecule has 8 nitrogen and oxygen atoms in total. The summed E-state index contributed by atoms with van der Waals surface area (Å²) < 4.78 is 18.1. The van der Waals surface area contributed by atoms with Gasteiger partial charge in [0.25, 0.3) is 0 Å². The number of hydrogen-bond acceptors (Lipinski definition) is 5. The summed E-state index contributed by atoms with van der Waals surface area (Å²) in [6.07, 6.45) is 6.69. The summed E-state index contributed by atoms with van der Waals surface area (Å²) in [5.41, 5.74) is 2.17. The Morgan fingerprint density at radius 1 is 1.07 bits per heavy atom. The van der Waals surface area contributed by atoms with Crippen LogP contribution in [0, 0.1) is 12.7 Å². The number of aryl methyl sites for hydroxylation is 2. The van der Waals surface area contributed by atoms with Gasteiger partial charge in [0.2, 0.25) is 18.2 Å². The Balaban J connectivity index is 0.000000593. The fourth-order valence-electron chi connectivity index (χ4n) is 3.36. The molecule has 0 spiro atoms. The smallest absolute Gasteiger partial charge is 0.239 e. The lowest BCUT2D eigenvalue weighted by Gasteiger charge is -2.24. The zero-order chi connectivity index (χ0) is 29.8. The molecule has 2 aromatic rings. The van der Waals surface area contributed by atoms with Crippen LogP contribution in [0.4, 0.5) is 4.39 Å². The topological polar surface area (TPSA) is 99.8 Å². The normalized spacial score (nSPS) is 12.8. The first kappa shape index (κ1) is 34.6. The van der Waals surface area contributed by atoms with Gasteiger partial charge in [-0.05, 0) is 64.3 Å². The predicted molar refractivity (Wildman–Crippen MR) is 158 cm³/mol. The van der Waals surface area contributed by atoms with Gasteiger partial charge in [-0.2, -0.15) is 0 Å². The molecule has 0 aromatic heterocycles. The Hall–Kier alpha value is -3.46. The maximum atomic E-state index is 12.4. The lowest BCUT2D eigenvalue weighted by atomic mass is 10.1. The van der Waals surface area contributed by atoms with Crippen LogP contribution in [0.3, 0.4) is 0 Å². The van der Waals surface area contributed by atoms with E-state index in [2.05, 4.69) is 16.0 Å². The van der Waals surface area contributed by atoms with Gasteiger partial charge in [0.15, 0.2) is 0 Å². The molecule has 0 bridgehead atoms. The maximum absolute atomic E-state index is 12.4. The van der Waals surface area contributed by atoms with Gasteiger partial charge in [-0.1, -0.05) is 55.2 Å². The zero-order valence-corrected chi connectivity index (χ0v) is 24.7. The van der Waals surface area contributed by atoms with Crippen LogP contribution in [0.25, 0.3) is 0 Å². The summed E-state index contributed by atoms with van der Waals surface area (Å²) >= 11 is 0. The summed E-state index contributed by atoms with van der Waals surface area (Å²) in [5, 5.41) is 8.51. The number of carbonyl (C=O) groups is 3. The number of para-hydroxylation sites is 1. The Morgan fingerprint density at radius 3 is 2.30 bits per heavy atom. The molecule has 0 aliphatic heterocycles. The highest BCUT2D eigenvalue weighted by Gasteiger charge is 2.20. The van der Waals surface area contributed by atoms with Crippen LogP contribution in [0.1, 0.15) is 57.6 Å². The number of carbonyl (C=O) groups excluding carboxylic acids is 3. The van der Waals surface area contributed by atoms with Crippen molar-refractivity contribution in [3.63, 3.8) is 0 Å². The molecule has 0 saturated heterocycles. The number of nitrogens with zero attached hydrogens (tertiary/aromatic N) is 1. The van der Waals surface area contributed by atoms with E-state index in [4.69, 9.17) is 4.74 Å². The summed E-state index contributed by atoms with van der Waals surface area (Å²) in [7, 11) is 1.62. The highest BCUT2D eigenvalue weighted by atomic mass is 19.1. The molecule has 1 saturated carbocycles. The fourth-order valence-corrected chi connectivity index (χ4v) is 3.36. The van der Waals surface area contributed by atoms with Crippen LogP contribution in [-0.2, 0) is 20.8 Å². The summed E-state index contributed by atoms with van der Waals surface area (Å²) in [5.74, 6) is 0.314. The second-order valence-corrected chi connectivity index (χ2v) is 9.85. The number of benzene rings is 2. The van der Waals surface area contributed by atoms with Gasteiger partial charge in [0.1, 0.15) is 17.7 Å². The Kier molecular flexibility index (Phi) is 17.7. The van der Waals surface area contributed by atoms with E-state index in [1.165, 1.54) is 36.3 Å². The first-order valence-electron chi connectivity index (χ1n) is 14.1. The van der Waals surface area contributed by atoms with Crippen LogP contribution in [0.5, 0.6) is 5.75 Å². The van der Waals surface area contributed by atoms with E-state index >= 15 is 0 Å². The predicted octanol–water partition coefficient (Wildman–Crippen LogP) is 4.01. The average molecular weight is 559 g/mol. The van der Waals surface area contributed by atoms with E-state index in [1.807, 2.05) is 45.0 Å². The largest absolute Gasteiger partial charge is 0.489 e. The molecule has 222 valence electrons. The van der Waals surface area contributed by atoms with Crippen molar-refractivity contribution in [1.82, 2.24) is 20.9 Å². The number of rotatable bonds is 14. The van der Waals surface area contributed by atoms with Crippen molar-refractivity contribution in [2.45, 2.75) is 71.9 Å². The quantitative estimate of drug-likeness (QED) is 0.240. The van der Waals surface area contributed by atoms with E-state index in [0.29, 0.717) is 26.0 Å². The van der Waals surface area contributed by atoms with Gasteiger partial charge in [-0.25, -0.2) is 4.39 Å². The number of nitrogens with one attached hydrogen (secondary N) is 3. The van der Waals surface area contributed by atoms with E-state index in [1.54, 1.807) is 26.1 Å². The lowest BCUT2D eigenvalue weighted by molar-refractivity contribution is -0.136. The zero-order valence-electron chi connectivity index (χ0n) is 24.7. The molecular weight excluding hydrogens is 511 g/mol. The van der Waals surface area contributed by atoms with E-state index in [0.717, 1.165) is 29.7 Å². The standard InChI is InChI=1S/C21H34N4O4.C7H7F.C3H6/c1-5-23-20(27)14-25(4)21(28)17(3)24-13-16(2)29-19-11-7-6-9-18(19)10-8-12-22-15-26;1-6-2-4-7(8)5-3-6;1-2-3-1/h6-7,9,11,15-17,24H,5,8,10,12-14H2,1-4H3,(H,22,26)(H,23,27);2-5H,1H3;1-3H2. The minimum absolute atomic E-state index is 0.0388. The maximum Gasteiger partial charge on any atom is 0.239 e. The van der Waals surface area contributed by atoms with Crippen LogP contribution < -0.4 is 20.7 Å². The second kappa shape index (κ2) is 20.4. The monoisotopic (exact) mass is 558 g/mol. The van der Waals surface area contributed by atoms with Crippen molar-refractivity contribution < 1.29 is 23.5 Å². The third-order valence-electron chi connectivity index (χ3n) is 5.73. The van der Waals surface area contributed by atoms with Crippen molar-refractivity contribution >= 4 is 18.2 Å². The van der Waals surface area contributed by atoms with Crippen molar-refractivity contribution in [3.05, 3.63) is 65.5 Å². The fraction of sp³-hybridized carbons (Fsp3) is 0.516. The minimum Gasteiger partial charge on any atom is -0.489 e. The number of amides is 3. The number of likely N-dealkylation sites (N-methyl/N-ethyl adjacent to an activating group) is 2. The van der Waals surface area contributed by atoms with Crippen LogP contribution >= 0.6 is 0 Å². The molecule has 3 rings (SSSR count). The van der Waals surface area contributed by atoms with Crippen molar-refractivity contribution in [2.75, 3.05) is 33.2 Å². The Bertz CT molecular complexity index is 977. The van der Waals surface area contributed by atoms with Crippen molar-refractivity contribution in [3.8, 4) is 5.75 Å². The minimum atomic E-state index is -0.426. The molecule has 9 heteroatoms. The van der Waals surface area contributed by atoms with Crippen molar-refractivity contribution in [1.29, 1.82) is 0 Å². The molecular formula is C31H47FN4O4. The second-order valence-electron chi connectivity index (χ2n) is 9.85. The first-order chi connectivity index (χ1) is 19.2. The molecule has 40 heavy (non-hydrogen) atoms. The van der Waals surface area contributed by atoms with Gasteiger partial charge in [-0.15, -0.1) is 0 Å². The van der Waals surface area contributed by atoms with Gasteiger partial charge in [0.05, 0.1) is 12.6 Å². The van der Waals surface area contributed by atoms with E-state index < -0.39 is 6.04 Å². The van der Waals surface area contributed by atoms with Gasteiger partial charge < -0.3 is 25.6 Å². The molecule has 3 N–H and O–H groups in total. The molecule has 2 atom stereocenters. The molecule has 3 amide bonds. The van der Waals surface area contributed by atoms with Crippen LogP contribution in [-0.4, -0.2) is 68.5 Å². The van der Waals surface area contributed by atoms with Gasteiger partial charge >= 0.3 is 0 Å². The van der Waals surface area contributed by atoms with E-state index in [-0.39, 0.29) is 30.3 Å². The summed E-state index contributed by atoms with van der Waals surface area (Å²) in [4.78, 5) is 35.8. The number of halogens is 1. The molecule has 1 fully saturated rings. The van der Waals surface area contributed by atoms with Crippen LogP contribution in [0.2, 0.25) is 0 Å². The average Bonchev–Trinajstić information content (AvgIpc) is 3.82. The number of hydrogen-bond donors (Lipinski definition) is 3. The molecule has 0 radical (unpaired) electrons.